The molecular weight excluding hydrogens is 500 g/mol. The summed E-state index contributed by atoms with van der Waals surface area (Å²) >= 11 is 7.21. The number of amides is 3. The van der Waals surface area contributed by atoms with Crippen LogP contribution in [0.4, 0.5) is 11.4 Å². The first-order valence-corrected chi connectivity index (χ1v) is 13.6. The van der Waals surface area contributed by atoms with Gasteiger partial charge in [-0.3, -0.25) is 19.3 Å². The highest BCUT2D eigenvalue weighted by Crippen LogP contribution is 2.28. The van der Waals surface area contributed by atoms with E-state index in [0.29, 0.717) is 40.0 Å². The van der Waals surface area contributed by atoms with E-state index >= 15 is 0 Å². The van der Waals surface area contributed by atoms with Gasteiger partial charge in [0.25, 0.3) is 11.8 Å². The molecule has 0 unspecified atom stereocenters. The van der Waals surface area contributed by atoms with Crippen molar-refractivity contribution in [3.8, 4) is 0 Å². The van der Waals surface area contributed by atoms with Crippen molar-refractivity contribution in [3.63, 3.8) is 0 Å². The lowest BCUT2D eigenvalue weighted by molar-refractivity contribution is -0.125. The van der Waals surface area contributed by atoms with Gasteiger partial charge in [-0.25, -0.2) is 0 Å². The summed E-state index contributed by atoms with van der Waals surface area (Å²) in [5.74, 6) is -0.103. The van der Waals surface area contributed by atoms with Crippen LogP contribution in [0.3, 0.4) is 0 Å². The Kier molecular flexibility index (Phi) is 9.00. The van der Waals surface area contributed by atoms with Crippen LogP contribution in [0.5, 0.6) is 0 Å². The number of rotatable bonds is 10. The quantitative estimate of drug-likeness (QED) is 0.482. The van der Waals surface area contributed by atoms with E-state index in [0.717, 1.165) is 31.5 Å². The second kappa shape index (κ2) is 12.2. The summed E-state index contributed by atoms with van der Waals surface area (Å²) in [4.78, 5) is 42.8. The van der Waals surface area contributed by atoms with Gasteiger partial charge >= 0.3 is 0 Å². The number of benzene rings is 1. The Morgan fingerprint density at radius 3 is 2.53 bits per heavy atom. The molecule has 36 heavy (non-hydrogen) atoms. The topological polar surface area (TPSA) is 91.0 Å². The molecule has 1 atom stereocenters. The van der Waals surface area contributed by atoms with Gasteiger partial charge in [0.2, 0.25) is 5.91 Å². The molecule has 10 heteroatoms. The van der Waals surface area contributed by atoms with Crippen molar-refractivity contribution in [2.24, 2.45) is 5.92 Å². The van der Waals surface area contributed by atoms with Gasteiger partial charge < -0.3 is 20.3 Å². The minimum absolute atomic E-state index is 0.0781. The van der Waals surface area contributed by atoms with E-state index in [1.807, 2.05) is 12.1 Å². The summed E-state index contributed by atoms with van der Waals surface area (Å²) in [6.07, 6.45) is 3.25. The molecule has 2 aromatic rings. The van der Waals surface area contributed by atoms with Gasteiger partial charge in [0, 0.05) is 37.1 Å². The molecule has 0 radical (unpaired) electrons. The fourth-order valence-electron chi connectivity index (χ4n) is 4.49. The molecule has 194 valence electrons. The van der Waals surface area contributed by atoms with Crippen LogP contribution in [0.1, 0.15) is 42.8 Å². The van der Waals surface area contributed by atoms with Crippen molar-refractivity contribution in [1.29, 1.82) is 0 Å². The van der Waals surface area contributed by atoms with Crippen LogP contribution in [0.15, 0.2) is 36.4 Å². The largest absolute Gasteiger partial charge is 0.370 e. The molecule has 1 aliphatic carbocycles. The van der Waals surface area contributed by atoms with Gasteiger partial charge in [0.1, 0.15) is 12.6 Å². The summed E-state index contributed by atoms with van der Waals surface area (Å²) in [7, 11) is 0. The van der Waals surface area contributed by atoms with Gasteiger partial charge in [0.15, 0.2) is 0 Å². The normalized spacial score (nSPS) is 17.2. The first kappa shape index (κ1) is 26.6. The maximum absolute atomic E-state index is 13.6. The zero-order valence-corrected chi connectivity index (χ0v) is 22.2. The highest BCUT2D eigenvalue weighted by molar-refractivity contribution is 7.18. The predicted octanol–water partition coefficient (Wildman–Crippen LogP) is 4.01. The Balaban J connectivity index is 1.47. The lowest BCUT2D eigenvalue weighted by Gasteiger charge is -2.42. The molecule has 0 spiro atoms. The Hall–Kier alpha value is -2.46. The minimum Gasteiger partial charge on any atom is -0.370 e. The third-order valence-corrected chi connectivity index (χ3v) is 7.74. The average molecular weight is 533 g/mol. The minimum atomic E-state index is -0.516. The zero-order chi connectivity index (χ0) is 25.7. The molecule has 2 aliphatic rings. The van der Waals surface area contributed by atoms with E-state index in [2.05, 4.69) is 29.4 Å². The van der Waals surface area contributed by atoms with Crippen molar-refractivity contribution in [2.75, 3.05) is 43.1 Å². The number of anilines is 2. The molecule has 3 amide bonds. The van der Waals surface area contributed by atoms with Crippen LogP contribution < -0.4 is 15.5 Å². The Labute approximate surface area is 220 Å². The van der Waals surface area contributed by atoms with Gasteiger partial charge in [-0.1, -0.05) is 31.9 Å². The van der Waals surface area contributed by atoms with Crippen molar-refractivity contribution in [3.05, 3.63) is 45.6 Å². The summed E-state index contributed by atoms with van der Waals surface area (Å²) in [6, 6.07) is 10.4. The summed E-state index contributed by atoms with van der Waals surface area (Å²) in [5.41, 5.74) is 1.42. The fraction of sp³-hybridized carbons (Fsp3) is 0.500. The highest BCUT2D eigenvalue weighted by Gasteiger charge is 2.35. The summed E-state index contributed by atoms with van der Waals surface area (Å²) in [5, 5.41) is 5.98. The first-order valence-electron chi connectivity index (χ1n) is 12.4. The number of nitrogens with zero attached hydrogens (tertiary/aromatic N) is 2. The van der Waals surface area contributed by atoms with Gasteiger partial charge in [0.05, 0.1) is 15.8 Å². The molecule has 1 saturated heterocycles. The van der Waals surface area contributed by atoms with E-state index in [9.17, 15) is 14.4 Å². The molecule has 8 nitrogen and oxygen atoms in total. The third kappa shape index (κ3) is 6.64. The molecule has 1 saturated carbocycles. The summed E-state index contributed by atoms with van der Waals surface area (Å²) in [6.45, 7) is 6.33. The average Bonchev–Trinajstić information content (AvgIpc) is 3.25. The Bertz CT molecular complexity index is 1070. The van der Waals surface area contributed by atoms with Crippen molar-refractivity contribution in [2.45, 2.75) is 45.2 Å². The Morgan fingerprint density at radius 1 is 1.19 bits per heavy atom. The molecule has 0 bridgehead atoms. The lowest BCUT2D eigenvalue weighted by Crippen LogP contribution is -2.57. The molecule has 1 aromatic carbocycles. The standard InChI is InChI=1S/C26H33ClN4O4S/c1-17(2)15-31(19-4-3-5-19)21(14-28-26(34)22-10-11-23(27)36-22)25(33)29-18-6-8-20(9-7-18)30-12-13-35-16-24(30)32/h6-11,17,19,21H,3-5,12-16H2,1-2H3,(H,28,34)(H,29,33)/t21-/m1/s1. The Morgan fingerprint density at radius 2 is 1.94 bits per heavy atom. The monoisotopic (exact) mass is 532 g/mol. The van der Waals surface area contributed by atoms with Gasteiger partial charge in [-0.2, -0.15) is 0 Å². The van der Waals surface area contributed by atoms with Crippen molar-refractivity contribution in [1.82, 2.24) is 10.2 Å². The number of nitrogens with one attached hydrogen (secondary N) is 2. The third-order valence-electron chi connectivity index (χ3n) is 6.51. The van der Waals surface area contributed by atoms with Gasteiger partial charge in [-0.05, 0) is 55.2 Å². The molecule has 4 rings (SSSR count). The number of morpholine rings is 1. The second-order valence-electron chi connectivity index (χ2n) is 9.64. The number of halogens is 1. The number of carbonyl (C=O) groups is 3. The molecule has 2 heterocycles. The summed E-state index contributed by atoms with van der Waals surface area (Å²) < 4.78 is 5.75. The molecule has 1 aliphatic heterocycles. The van der Waals surface area contributed by atoms with Crippen LogP contribution in [0.25, 0.3) is 0 Å². The van der Waals surface area contributed by atoms with Gasteiger partial charge in [-0.15, -0.1) is 11.3 Å². The second-order valence-corrected chi connectivity index (χ2v) is 11.4. The molecule has 1 aromatic heterocycles. The fourth-order valence-corrected chi connectivity index (χ4v) is 5.44. The van der Waals surface area contributed by atoms with Crippen LogP contribution in [-0.4, -0.2) is 67.6 Å². The predicted molar refractivity (Wildman–Crippen MR) is 143 cm³/mol. The van der Waals surface area contributed by atoms with Crippen LogP contribution >= 0.6 is 22.9 Å². The lowest BCUT2D eigenvalue weighted by atomic mass is 9.89. The first-order chi connectivity index (χ1) is 17.3. The SMILES string of the molecule is CC(C)CN(C1CCC1)[C@H](CNC(=O)c1ccc(Cl)s1)C(=O)Nc1ccc(N2CCOCC2=O)cc1. The molecule has 2 N–H and O–H groups in total. The molecule has 2 fully saturated rings. The number of carbonyl (C=O) groups excluding carboxylic acids is 3. The van der Waals surface area contributed by atoms with E-state index in [1.165, 1.54) is 11.3 Å². The zero-order valence-electron chi connectivity index (χ0n) is 20.7. The number of thiophene rings is 1. The highest BCUT2D eigenvalue weighted by atomic mass is 35.5. The molecular formula is C26H33ClN4O4S. The van der Waals surface area contributed by atoms with Crippen LogP contribution in [-0.2, 0) is 14.3 Å². The maximum Gasteiger partial charge on any atom is 0.261 e. The van der Waals surface area contributed by atoms with E-state index in [4.69, 9.17) is 16.3 Å². The van der Waals surface area contributed by atoms with E-state index in [1.54, 1.807) is 29.2 Å². The number of hydrogen-bond donors (Lipinski definition) is 2. The van der Waals surface area contributed by atoms with E-state index in [-0.39, 0.29) is 30.9 Å². The van der Waals surface area contributed by atoms with E-state index < -0.39 is 6.04 Å². The number of ether oxygens (including phenoxy) is 1. The van der Waals surface area contributed by atoms with Crippen molar-refractivity contribution < 1.29 is 19.1 Å². The van der Waals surface area contributed by atoms with Crippen LogP contribution in [0.2, 0.25) is 4.34 Å². The number of hydrogen-bond acceptors (Lipinski definition) is 6. The maximum atomic E-state index is 13.6. The van der Waals surface area contributed by atoms with Crippen LogP contribution in [0, 0.1) is 5.92 Å². The van der Waals surface area contributed by atoms with Crippen molar-refractivity contribution >= 4 is 52.0 Å². The smallest absolute Gasteiger partial charge is 0.261 e.